The van der Waals surface area contributed by atoms with Crippen molar-refractivity contribution in [3.8, 4) is 5.75 Å². The van der Waals surface area contributed by atoms with Crippen molar-refractivity contribution in [2.75, 3.05) is 7.11 Å². The van der Waals surface area contributed by atoms with E-state index in [1.807, 2.05) is 42.2 Å². The number of carbonyl (C=O) groups is 1. The molecule has 0 radical (unpaired) electrons. The fourth-order valence-corrected chi connectivity index (χ4v) is 3.89. The van der Waals surface area contributed by atoms with Gasteiger partial charge in [-0.2, -0.15) is 0 Å². The molecule has 1 atom stereocenters. The van der Waals surface area contributed by atoms with Crippen LogP contribution in [0.3, 0.4) is 0 Å². The standard InChI is InChI=1S/C24H29N3O3/c1-14(2)21-12-20(22-15(3)26-30-23(22)25-21)24(28)27(16(4)18-8-9-18)13-17-6-10-19(29-5)11-7-17/h6-7,10-12,14,16,18H,8-9,13H2,1-5H3. The summed E-state index contributed by atoms with van der Waals surface area (Å²) >= 11 is 0. The number of benzene rings is 1. The number of pyridine rings is 1. The lowest BCUT2D eigenvalue weighted by Gasteiger charge is -2.30. The van der Waals surface area contributed by atoms with E-state index in [-0.39, 0.29) is 17.9 Å². The number of aromatic nitrogens is 2. The summed E-state index contributed by atoms with van der Waals surface area (Å²) in [6, 6.07) is 9.98. The van der Waals surface area contributed by atoms with Crippen LogP contribution in [0.4, 0.5) is 0 Å². The Morgan fingerprint density at radius 1 is 1.23 bits per heavy atom. The van der Waals surface area contributed by atoms with E-state index in [0.717, 1.165) is 17.0 Å². The summed E-state index contributed by atoms with van der Waals surface area (Å²) in [6.07, 6.45) is 2.34. The second-order valence-corrected chi connectivity index (χ2v) is 8.56. The van der Waals surface area contributed by atoms with Crippen LogP contribution in [0.5, 0.6) is 5.75 Å². The zero-order valence-electron chi connectivity index (χ0n) is 18.3. The molecule has 2 heterocycles. The van der Waals surface area contributed by atoms with E-state index < -0.39 is 0 Å². The molecule has 1 aliphatic carbocycles. The number of aryl methyl sites for hydroxylation is 1. The van der Waals surface area contributed by atoms with Crippen LogP contribution in [0.2, 0.25) is 0 Å². The highest BCUT2D eigenvalue weighted by atomic mass is 16.5. The SMILES string of the molecule is COc1ccc(CN(C(=O)c2cc(C(C)C)nc3onc(C)c23)C(C)C2CC2)cc1. The quantitative estimate of drug-likeness (QED) is 0.545. The zero-order valence-corrected chi connectivity index (χ0v) is 18.3. The van der Waals surface area contributed by atoms with E-state index in [1.54, 1.807) is 7.11 Å². The predicted molar refractivity (Wildman–Crippen MR) is 116 cm³/mol. The molecule has 1 amide bonds. The van der Waals surface area contributed by atoms with Gasteiger partial charge in [-0.25, -0.2) is 4.98 Å². The molecule has 1 aromatic carbocycles. The number of hydrogen-bond donors (Lipinski definition) is 0. The number of ether oxygens (including phenoxy) is 1. The summed E-state index contributed by atoms with van der Waals surface area (Å²) in [6.45, 7) is 8.69. The molecule has 4 rings (SSSR count). The highest BCUT2D eigenvalue weighted by Gasteiger charge is 2.35. The Morgan fingerprint density at radius 3 is 2.53 bits per heavy atom. The summed E-state index contributed by atoms with van der Waals surface area (Å²) < 4.78 is 10.7. The van der Waals surface area contributed by atoms with Crippen LogP contribution in [0, 0.1) is 12.8 Å². The van der Waals surface area contributed by atoms with Gasteiger partial charge in [0.2, 0.25) is 0 Å². The topological polar surface area (TPSA) is 68.5 Å². The fourth-order valence-electron chi connectivity index (χ4n) is 3.89. The first-order valence-corrected chi connectivity index (χ1v) is 10.6. The molecule has 1 aliphatic rings. The monoisotopic (exact) mass is 407 g/mol. The van der Waals surface area contributed by atoms with E-state index in [9.17, 15) is 4.79 Å². The van der Waals surface area contributed by atoms with Crippen molar-refractivity contribution in [2.24, 2.45) is 5.92 Å². The van der Waals surface area contributed by atoms with Gasteiger partial charge in [0.25, 0.3) is 11.6 Å². The van der Waals surface area contributed by atoms with E-state index in [0.29, 0.717) is 34.8 Å². The van der Waals surface area contributed by atoms with Gasteiger partial charge in [0.05, 0.1) is 23.8 Å². The lowest BCUT2D eigenvalue weighted by Crippen LogP contribution is -2.39. The first-order chi connectivity index (χ1) is 14.4. The van der Waals surface area contributed by atoms with Crippen LogP contribution >= 0.6 is 0 Å². The van der Waals surface area contributed by atoms with Crippen LogP contribution in [0.25, 0.3) is 11.1 Å². The van der Waals surface area contributed by atoms with Crippen molar-refractivity contribution in [3.63, 3.8) is 0 Å². The van der Waals surface area contributed by atoms with Gasteiger partial charge < -0.3 is 14.2 Å². The van der Waals surface area contributed by atoms with Crippen LogP contribution in [-0.4, -0.2) is 34.1 Å². The summed E-state index contributed by atoms with van der Waals surface area (Å²) in [5.41, 5.74) is 3.67. The van der Waals surface area contributed by atoms with Gasteiger partial charge in [0, 0.05) is 18.3 Å². The highest BCUT2D eigenvalue weighted by molar-refractivity contribution is 6.06. The molecule has 6 heteroatoms. The molecule has 30 heavy (non-hydrogen) atoms. The Kier molecular flexibility index (Phi) is 5.50. The number of carbonyl (C=O) groups excluding carboxylic acids is 1. The molecule has 2 aromatic heterocycles. The molecule has 0 bridgehead atoms. The van der Waals surface area contributed by atoms with Gasteiger partial charge in [-0.15, -0.1) is 0 Å². The number of rotatable bonds is 7. The third-order valence-electron chi connectivity index (χ3n) is 6.03. The van der Waals surface area contributed by atoms with Crippen molar-refractivity contribution < 1.29 is 14.1 Å². The first kappa shape index (κ1) is 20.4. The molecule has 0 saturated heterocycles. The molecule has 1 unspecified atom stereocenters. The third kappa shape index (κ3) is 3.91. The lowest BCUT2D eigenvalue weighted by atomic mass is 10.0. The van der Waals surface area contributed by atoms with Crippen LogP contribution < -0.4 is 4.74 Å². The lowest BCUT2D eigenvalue weighted by molar-refractivity contribution is 0.0656. The Labute approximate surface area is 177 Å². The molecule has 1 saturated carbocycles. The van der Waals surface area contributed by atoms with Gasteiger partial charge in [-0.3, -0.25) is 4.79 Å². The number of nitrogens with zero attached hydrogens (tertiary/aromatic N) is 3. The van der Waals surface area contributed by atoms with Crippen molar-refractivity contribution in [1.82, 2.24) is 15.0 Å². The minimum Gasteiger partial charge on any atom is -0.497 e. The fraction of sp³-hybridized carbons (Fsp3) is 0.458. The van der Waals surface area contributed by atoms with Gasteiger partial charge in [0.15, 0.2) is 0 Å². The second kappa shape index (κ2) is 8.09. The summed E-state index contributed by atoms with van der Waals surface area (Å²) in [5, 5.41) is 4.79. The molecular formula is C24H29N3O3. The van der Waals surface area contributed by atoms with Gasteiger partial charge in [-0.1, -0.05) is 31.1 Å². The number of hydrogen-bond acceptors (Lipinski definition) is 5. The molecule has 158 valence electrons. The summed E-state index contributed by atoms with van der Waals surface area (Å²) in [5.74, 6) is 1.55. The van der Waals surface area contributed by atoms with E-state index in [4.69, 9.17) is 9.26 Å². The molecule has 0 spiro atoms. The van der Waals surface area contributed by atoms with E-state index in [2.05, 4.69) is 30.9 Å². The normalized spacial score (nSPS) is 14.9. The Bertz CT molecular complexity index is 1050. The van der Waals surface area contributed by atoms with Crippen molar-refractivity contribution in [3.05, 3.63) is 52.8 Å². The largest absolute Gasteiger partial charge is 0.497 e. The molecular weight excluding hydrogens is 378 g/mol. The second-order valence-electron chi connectivity index (χ2n) is 8.56. The average molecular weight is 408 g/mol. The number of amides is 1. The maximum Gasteiger partial charge on any atom is 0.259 e. The van der Waals surface area contributed by atoms with Gasteiger partial charge in [-0.05, 0) is 62.3 Å². The van der Waals surface area contributed by atoms with Crippen LogP contribution in [0.1, 0.15) is 66.8 Å². The van der Waals surface area contributed by atoms with Crippen molar-refractivity contribution >= 4 is 17.0 Å². The summed E-state index contributed by atoms with van der Waals surface area (Å²) in [4.78, 5) is 20.5. The third-order valence-corrected chi connectivity index (χ3v) is 6.03. The Hall–Kier alpha value is -2.89. The minimum absolute atomic E-state index is 0.00539. The average Bonchev–Trinajstić information content (AvgIpc) is 3.54. The van der Waals surface area contributed by atoms with Gasteiger partial charge >= 0.3 is 0 Å². The van der Waals surface area contributed by atoms with Crippen molar-refractivity contribution in [1.29, 1.82) is 0 Å². The number of fused-ring (bicyclic) bond motifs is 1. The molecule has 3 aromatic rings. The van der Waals surface area contributed by atoms with E-state index in [1.165, 1.54) is 12.8 Å². The maximum absolute atomic E-state index is 13.9. The minimum atomic E-state index is 0.00539. The highest BCUT2D eigenvalue weighted by Crippen LogP contribution is 2.37. The van der Waals surface area contributed by atoms with Crippen LogP contribution in [-0.2, 0) is 6.54 Å². The molecule has 1 fully saturated rings. The predicted octanol–water partition coefficient (Wildman–Crippen LogP) is 5.10. The summed E-state index contributed by atoms with van der Waals surface area (Å²) in [7, 11) is 1.66. The Balaban J connectivity index is 1.75. The molecule has 6 nitrogen and oxygen atoms in total. The smallest absolute Gasteiger partial charge is 0.259 e. The van der Waals surface area contributed by atoms with E-state index >= 15 is 0 Å². The maximum atomic E-state index is 13.9. The van der Waals surface area contributed by atoms with Crippen molar-refractivity contribution in [2.45, 2.75) is 59.0 Å². The zero-order chi connectivity index (χ0) is 21.4. The number of methoxy groups -OCH3 is 1. The Morgan fingerprint density at radius 2 is 1.93 bits per heavy atom. The first-order valence-electron chi connectivity index (χ1n) is 10.6. The molecule has 0 N–H and O–H groups in total. The van der Waals surface area contributed by atoms with Crippen LogP contribution in [0.15, 0.2) is 34.9 Å². The molecule has 0 aliphatic heterocycles. The van der Waals surface area contributed by atoms with Gasteiger partial charge in [0.1, 0.15) is 5.75 Å².